The van der Waals surface area contributed by atoms with E-state index in [-0.39, 0.29) is 57.3 Å². The summed E-state index contributed by atoms with van der Waals surface area (Å²) < 4.78 is 0. The Labute approximate surface area is 203 Å². The Balaban J connectivity index is 0. The number of carboxylic acids is 1. The van der Waals surface area contributed by atoms with Crippen molar-refractivity contribution in [2.75, 3.05) is 0 Å². The SMILES string of the molecule is CCCCCCCC/C=C\CCCCCCCC(=O)N[C@@H](C)C(=O)O.[KH]. The third kappa shape index (κ3) is 20.6. The first-order valence-corrected chi connectivity index (χ1v) is 10.2. The van der Waals surface area contributed by atoms with E-state index in [1.807, 2.05) is 0 Å². The van der Waals surface area contributed by atoms with Gasteiger partial charge in [0.05, 0.1) is 0 Å². The van der Waals surface area contributed by atoms with Gasteiger partial charge >= 0.3 is 57.4 Å². The molecule has 0 aliphatic rings. The molecule has 26 heavy (non-hydrogen) atoms. The molecule has 0 aromatic heterocycles. The van der Waals surface area contributed by atoms with Crippen molar-refractivity contribution in [1.82, 2.24) is 5.32 Å². The molecule has 0 spiro atoms. The van der Waals surface area contributed by atoms with Crippen LogP contribution in [0.3, 0.4) is 0 Å². The van der Waals surface area contributed by atoms with Gasteiger partial charge in [0, 0.05) is 6.42 Å². The fourth-order valence-corrected chi connectivity index (χ4v) is 2.73. The molecule has 0 rings (SSSR count). The predicted octanol–water partition coefficient (Wildman–Crippen LogP) is 4.96. The molecule has 0 bridgehead atoms. The molecule has 0 aromatic rings. The summed E-state index contributed by atoms with van der Waals surface area (Å²) in [5, 5.41) is 11.2. The molecule has 0 aromatic carbocycles. The first kappa shape index (κ1) is 28.5. The quantitative estimate of drug-likeness (QED) is 0.208. The van der Waals surface area contributed by atoms with Gasteiger partial charge in [-0.05, 0) is 39.0 Å². The van der Waals surface area contributed by atoms with Gasteiger partial charge in [-0.25, -0.2) is 0 Å². The minimum absolute atomic E-state index is 0. The second-order valence-corrected chi connectivity index (χ2v) is 6.96. The Hall–Kier alpha value is 0.316. The molecule has 1 amide bonds. The van der Waals surface area contributed by atoms with Crippen molar-refractivity contribution in [2.24, 2.45) is 0 Å². The van der Waals surface area contributed by atoms with Crippen molar-refractivity contribution in [3.05, 3.63) is 12.2 Å². The van der Waals surface area contributed by atoms with Gasteiger partial charge in [0.2, 0.25) is 5.91 Å². The molecule has 0 aliphatic carbocycles. The molecule has 0 fully saturated rings. The van der Waals surface area contributed by atoms with Gasteiger partial charge in [0.25, 0.3) is 0 Å². The van der Waals surface area contributed by atoms with Crippen LogP contribution in [0.4, 0.5) is 0 Å². The monoisotopic (exact) mass is 393 g/mol. The molecule has 0 saturated carbocycles. The predicted molar refractivity (Wildman–Crippen MR) is 112 cm³/mol. The maximum atomic E-state index is 11.5. The molecule has 0 aliphatic heterocycles. The summed E-state index contributed by atoms with van der Waals surface area (Å²) in [4.78, 5) is 22.1. The van der Waals surface area contributed by atoms with E-state index < -0.39 is 12.0 Å². The van der Waals surface area contributed by atoms with Gasteiger partial charge in [0.15, 0.2) is 0 Å². The summed E-state index contributed by atoms with van der Waals surface area (Å²) in [6.07, 6.45) is 21.0. The summed E-state index contributed by atoms with van der Waals surface area (Å²) in [7, 11) is 0. The van der Waals surface area contributed by atoms with Gasteiger partial charge in [-0.15, -0.1) is 0 Å². The van der Waals surface area contributed by atoms with Crippen LogP contribution in [0.2, 0.25) is 0 Å². The summed E-state index contributed by atoms with van der Waals surface area (Å²) in [5.74, 6) is -1.15. The van der Waals surface area contributed by atoms with E-state index in [1.54, 1.807) is 0 Å². The average molecular weight is 394 g/mol. The van der Waals surface area contributed by atoms with Crippen LogP contribution < -0.4 is 5.32 Å². The number of carboxylic acid groups (broad SMARTS) is 1. The Bertz CT molecular complexity index is 372. The number of carbonyl (C=O) groups excluding carboxylic acids is 1. The third-order valence-corrected chi connectivity index (χ3v) is 4.41. The fraction of sp³-hybridized carbons (Fsp3) is 0.810. The first-order valence-electron chi connectivity index (χ1n) is 10.2. The van der Waals surface area contributed by atoms with Crippen LogP contribution in [0, 0.1) is 0 Å². The second-order valence-electron chi connectivity index (χ2n) is 6.96. The molecule has 4 nitrogen and oxygen atoms in total. The number of rotatable bonds is 17. The van der Waals surface area contributed by atoms with Crippen LogP contribution in [-0.4, -0.2) is 74.4 Å². The molecule has 1 atom stereocenters. The number of hydrogen-bond donors (Lipinski definition) is 2. The standard InChI is InChI=1S/C21H39NO3.K.H/c1-3-4-5-6-7-8-9-10-11-12-13-14-15-16-17-18-20(23)22-19(2)21(24)25;;/h10-11,19H,3-9,12-18H2,1-2H3,(H,22,23)(H,24,25);;/b11-10-;;/t19-;;/m0../s1. The Morgan fingerprint density at radius 2 is 1.31 bits per heavy atom. The number of carbonyl (C=O) groups is 2. The zero-order chi connectivity index (χ0) is 18.8. The summed E-state index contributed by atoms with van der Waals surface area (Å²) in [6.45, 7) is 3.74. The third-order valence-electron chi connectivity index (χ3n) is 4.41. The van der Waals surface area contributed by atoms with Gasteiger partial charge in [-0.2, -0.15) is 0 Å². The van der Waals surface area contributed by atoms with Gasteiger partial charge in [-0.3, -0.25) is 9.59 Å². The Morgan fingerprint density at radius 1 is 0.846 bits per heavy atom. The summed E-state index contributed by atoms with van der Waals surface area (Å²) in [6, 6.07) is -0.796. The van der Waals surface area contributed by atoms with Crippen LogP contribution in [0.25, 0.3) is 0 Å². The number of hydrogen-bond acceptors (Lipinski definition) is 2. The maximum absolute atomic E-state index is 11.5. The molecule has 0 heterocycles. The van der Waals surface area contributed by atoms with Crippen molar-refractivity contribution in [3.8, 4) is 0 Å². The van der Waals surface area contributed by atoms with Crippen LogP contribution in [0.1, 0.15) is 104 Å². The molecule has 148 valence electrons. The van der Waals surface area contributed by atoms with Crippen LogP contribution in [0.5, 0.6) is 0 Å². The topological polar surface area (TPSA) is 66.4 Å². The average Bonchev–Trinajstić information content (AvgIpc) is 2.58. The van der Waals surface area contributed by atoms with E-state index in [2.05, 4.69) is 24.4 Å². The fourth-order valence-electron chi connectivity index (χ4n) is 2.73. The van der Waals surface area contributed by atoms with Gasteiger partial charge < -0.3 is 10.4 Å². The van der Waals surface area contributed by atoms with Gasteiger partial charge in [0.1, 0.15) is 6.04 Å². The number of unbranched alkanes of at least 4 members (excludes halogenated alkanes) is 11. The van der Waals surface area contributed by atoms with Crippen LogP contribution >= 0.6 is 0 Å². The van der Waals surface area contributed by atoms with Crippen molar-refractivity contribution in [1.29, 1.82) is 0 Å². The normalized spacial score (nSPS) is 11.9. The van der Waals surface area contributed by atoms with E-state index in [1.165, 1.54) is 64.7 Å². The van der Waals surface area contributed by atoms with E-state index in [0.29, 0.717) is 6.42 Å². The minimum atomic E-state index is -0.988. The van der Waals surface area contributed by atoms with Crippen molar-refractivity contribution >= 4 is 63.3 Å². The molecular formula is C21H40KNO3. The zero-order valence-corrected chi connectivity index (χ0v) is 16.4. The molecule has 2 N–H and O–H groups in total. The first-order chi connectivity index (χ1) is 12.1. The van der Waals surface area contributed by atoms with E-state index >= 15 is 0 Å². The van der Waals surface area contributed by atoms with Crippen molar-refractivity contribution in [3.63, 3.8) is 0 Å². The number of allylic oxidation sites excluding steroid dienone is 2. The molecule has 0 radical (unpaired) electrons. The number of nitrogens with one attached hydrogen (secondary N) is 1. The van der Waals surface area contributed by atoms with E-state index in [4.69, 9.17) is 5.11 Å². The second kappa shape index (κ2) is 21.6. The van der Waals surface area contributed by atoms with E-state index in [0.717, 1.165) is 25.7 Å². The summed E-state index contributed by atoms with van der Waals surface area (Å²) in [5.41, 5.74) is 0. The van der Waals surface area contributed by atoms with E-state index in [9.17, 15) is 9.59 Å². The summed E-state index contributed by atoms with van der Waals surface area (Å²) >= 11 is 0. The van der Waals surface area contributed by atoms with Crippen LogP contribution in [0.15, 0.2) is 12.2 Å². The molecule has 0 unspecified atom stereocenters. The number of amides is 1. The van der Waals surface area contributed by atoms with Gasteiger partial charge in [-0.1, -0.05) is 70.4 Å². The molecule has 0 saturated heterocycles. The molecule has 5 heteroatoms. The van der Waals surface area contributed by atoms with Crippen LogP contribution in [-0.2, 0) is 9.59 Å². The number of aliphatic carboxylic acids is 1. The Kier molecular flexibility index (Phi) is 23.7. The van der Waals surface area contributed by atoms with Crippen molar-refractivity contribution in [2.45, 2.75) is 110 Å². The Morgan fingerprint density at radius 3 is 1.81 bits per heavy atom. The van der Waals surface area contributed by atoms with Crippen molar-refractivity contribution < 1.29 is 14.7 Å². The zero-order valence-electron chi connectivity index (χ0n) is 16.4. The molecular weight excluding hydrogens is 353 g/mol.